The molecule has 0 amide bonds. The van der Waals surface area contributed by atoms with Gasteiger partial charge in [0.05, 0.1) is 12.6 Å². The van der Waals surface area contributed by atoms with Gasteiger partial charge in [-0.3, -0.25) is 9.69 Å². The van der Waals surface area contributed by atoms with Gasteiger partial charge in [0.1, 0.15) is 0 Å². The SMILES string of the molecule is CCCCc1noc(C(C)N(CCC)CC(=O)O)n1. The third-order valence-electron chi connectivity index (χ3n) is 2.99. The van der Waals surface area contributed by atoms with Gasteiger partial charge in [-0.2, -0.15) is 4.98 Å². The predicted molar refractivity (Wildman–Crippen MR) is 70.8 cm³/mol. The molecule has 0 spiro atoms. The van der Waals surface area contributed by atoms with Crippen LogP contribution in [0.1, 0.15) is 57.8 Å². The number of aryl methyl sites for hydroxylation is 1. The summed E-state index contributed by atoms with van der Waals surface area (Å²) in [5.74, 6) is 0.363. The molecule has 1 rings (SSSR count). The van der Waals surface area contributed by atoms with Gasteiger partial charge < -0.3 is 9.63 Å². The zero-order valence-electron chi connectivity index (χ0n) is 11.9. The number of unbranched alkanes of at least 4 members (excludes halogenated alkanes) is 1. The van der Waals surface area contributed by atoms with Crippen LogP contribution < -0.4 is 0 Å². The molecule has 0 aliphatic rings. The van der Waals surface area contributed by atoms with Crippen molar-refractivity contribution in [2.75, 3.05) is 13.1 Å². The van der Waals surface area contributed by atoms with Crippen molar-refractivity contribution in [2.24, 2.45) is 0 Å². The Balaban J connectivity index is 2.69. The first-order valence-electron chi connectivity index (χ1n) is 6.86. The fraction of sp³-hybridized carbons (Fsp3) is 0.769. The molecule has 1 unspecified atom stereocenters. The Morgan fingerprint density at radius 3 is 2.74 bits per heavy atom. The maximum atomic E-state index is 10.9. The third kappa shape index (κ3) is 4.98. The monoisotopic (exact) mass is 269 g/mol. The van der Waals surface area contributed by atoms with Crippen molar-refractivity contribution in [1.29, 1.82) is 0 Å². The number of carboxylic acids is 1. The zero-order valence-corrected chi connectivity index (χ0v) is 11.9. The number of nitrogens with zero attached hydrogens (tertiary/aromatic N) is 3. The van der Waals surface area contributed by atoms with E-state index < -0.39 is 5.97 Å². The lowest BCUT2D eigenvalue weighted by molar-refractivity contribution is -0.139. The second-order valence-corrected chi connectivity index (χ2v) is 4.69. The molecule has 1 N–H and O–H groups in total. The van der Waals surface area contributed by atoms with Gasteiger partial charge in [0.25, 0.3) is 0 Å². The number of carboxylic acid groups (broad SMARTS) is 1. The smallest absolute Gasteiger partial charge is 0.317 e. The molecule has 0 aromatic carbocycles. The molecule has 0 aliphatic carbocycles. The molecule has 0 saturated heterocycles. The molecule has 0 radical (unpaired) electrons. The molecule has 0 aliphatic heterocycles. The van der Waals surface area contributed by atoms with E-state index in [0.717, 1.165) is 25.7 Å². The minimum absolute atomic E-state index is 0.0122. The summed E-state index contributed by atoms with van der Waals surface area (Å²) < 4.78 is 5.24. The van der Waals surface area contributed by atoms with Crippen LogP contribution in [-0.4, -0.2) is 39.2 Å². The molecule has 19 heavy (non-hydrogen) atoms. The molecule has 0 fully saturated rings. The molecular weight excluding hydrogens is 246 g/mol. The Morgan fingerprint density at radius 2 is 2.16 bits per heavy atom. The largest absolute Gasteiger partial charge is 0.480 e. The van der Waals surface area contributed by atoms with Crippen molar-refractivity contribution >= 4 is 5.97 Å². The highest BCUT2D eigenvalue weighted by molar-refractivity contribution is 5.69. The van der Waals surface area contributed by atoms with E-state index in [1.807, 2.05) is 18.7 Å². The van der Waals surface area contributed by atoms with Crippen LogP contribution in [0.5, 0.6) is 0 Å². The lowest BCUT2D eigenvalue weighted by Gasteiger charge is -2.23. The first-order valence-corrected chi connectivity index (χ1v) is 6.86. The number of hydrogen-bond acceptors (Lipinski definition) is 5. The van der Waals surface area contributed by atoms with Gasteiger partial charge in [0.2, 0.25) is 5.89 Å². The van der Waals surface area contributed by atoms with Crippen LogP contribution in [-0.2, 0) is 11.2 Å². The van der Waals surface area contributed by atoms with Gasteiger partial charge in [0.15, 0.2) is 5.82 Å². The first kappa shape index (κ1) is 15.6. The molecule has 6 nitrogen and oxygen atoms in total. The Kier molecular flexibility index (Phi) is 6.49. The third-order valence-corrected chi connectivity index (χ3v) is 2.99. The van der Waals surface area contributed by atoms with Crippen molar-refractivity contribution in [1.82, 2.24) is 15.0 Å². The highest BCUT2D eigenvalue weighted by Gasteiger charge is 2.22. The Labute approximate surface area is 113 Å². The van der Waals surface area contributed by atoms with E-state index >= 15 is 0 Å². The van der Waals surface area contributed by atoms with Crippen molar-refractivity contribution in [3.05, 3.63) is 11.7 Å². The van der Waals surface area contributed by atoms with Crippen LogP contribution in [0.3, 0.4) is 0 Å². The molecule has 1 aromatic heterocycles. The predicted octanol–water partition coefficient (Wildman–Crippen LogP) is 2.27. The summed E-state index contributed by atoms with van der Waals surface area (Å²) >= 11 is 0. The summed E-state index contributed by atoms with van der Waals surface area (Å²) in [4.78, 5) is 17.0. The van der Waals surface area contributed by atoms with E-state index in [1.165, 1.54) is 0 Å². The van der Waals surface area contributed by atoms with E-state index in [1.54, 1.807) is 0 Å². The van der Waals surface area contributed by atoms with Crippen molar-refractivity contribution in [3.63, 3.8) is 0 Å². The highest BCUT2D eigenvalue weighted by Crippen LogP contribution is 2.18. The van der Waals surface area contributed by atoms with E-state index in [9.17, 15) is 4.79 Å². The van der Waals surface area contributed by atoms with Gasteiger partial charge in [-0.15, -0.1) is 0 Å². The molecule has 1 atom stereocenters. The van der Waals surface area contributed by atoms with Crippen LogP contribution in [0.25, 0.3) is 0 Å². The fourth-order valence-corrected chi connectivity index (χ4v) is 1.90. The van der Waals surface area contributed by atoms with Gasteiger partial charge in [-0.25, -0.2) is 0 Å². The standard InChI is InChI=1S/C13H23N3O3/c1-4-6-7-11-14-13(19-15-11)10(3)16(8-5-2)9-12(17)18/h10H,4-9H2,1-3H3,(H,17,18). The van der Waals surface area contributed by atoms with E-state index in [2.05, 4.69) is 17.1 Å². The average molecular weight is 269 g/mol. The molecule has 0 bridgehead atoms. The quantitative estimate of drug-likeness (QED) is 0.740. The van der Waals surface area contributed by atoms with E-state index in [4.69, 9.17) is 9.63 Å². The summed E-state index contributed by atoms with van der Waals surface area (Å²) in [6.07, 6.45) is 3.80. The van der Waals surface area contributed by atoms with Gasteiger partial charge in [0, 0.05) is 6.42 Å². The molecule has 1 aromatic rings. The summed E-state index contributed by atoms with van der Waals surface area (Å²) in [6, 6.07) is -0.168. The van der Waals surface area contributed by atoms with Crippen LogP contribution >= 0.6 is 0 Å². The summed E-state index contributed by atoms with van der Waals surface area (Å²) in [5, 5.41) is 12.9. The van der Waals surface area contributed by atoms with Crippen LogP contribution in [0.15, 0.2) is 4.52 Å². The maximum absolute atomic E-state index is 10.9. The molecule has 1 heterocycles. The lowest BCUT2D eigenvalue weighted by atomic mass is 10.2. The average Bonchev–Trinajstić information content (AvgIpc) is 2.83. The number of hydrogen-bond donors (Lipinski definition) is 1. The van der Waals surface area contributed by atoms with E-state index in [0.29, 0.717) is 18.3 Å². The summed E-state index contributed by atoms with van der Waals surface area (Å²) in [6.45, 7) is 6.71. The first-order chi connectivity index (χ1) is 9.08. The Morgan fingerprint density at radius 1 is 1.42 bits per heavy atom. The minimum atomic E-state index is -0.842. The van der Waals surface area contributed by atoms with Crippen molar-refractivity contribution < 1.29 is 14.4 Å². The molecule has 108 valence electrons. The van der Waals surface area contributed by atoms with Crippen molar-refractivity contribution in [2.45, 2.75) is 52.5 Å². The highest BCUT2D eigenvalue weighted by atomic mass is 16.5. The Hall–Kier alpha value is -1.43. The van der Waals surface area contributed by atoms with Crippen LogP contribution in [0.2, 0.25) is 0 Å². The topological polar surface area (TPSA) is 79.5 Å². The number of rotatable bonds is 9. The summed E-state index contributed by atoms with van der Waals surface area (Å²) in [5.41, 5.74) is 0. The molecule has 0 saturated carbocycles. The van der Waals surface area contributed by atoms with Gasteiger partial charge in [-0.05, 0) is 26.3 Å². The summed E-state index contributed by atoms with van der Waals surface area (Å²) in [7, 11) is 0. The maximum Gasteiger partial charge on any atom is 0.317 e. The zero-order chi connectivity index (χ0) is 14.3. The number of aromatic nitrogens is 2. The number of carbonyl (C=O) groups is 1. The Bertz CT molecular complexity index is 392. The van der Waals surface area contributed by atoms with Crippen LogP contribution in [0.4, 0.5) is 0 Å². The van der Waals surface area contributed by atoms with Gasteiger partial charge >= 0.3 is 5.97 Å². The van der Waals surface area contributed by atoms with E-state index in [-0.39, 0.29) is 12.6 Å². The van der Waals surface area contributed by atoms with Gasteiger partial charge in [-0.1, -0.05) is 25.4 Å². The second kappa shape index (κ2) is 7.89. The molecule has 6 heteroatoms. The fourth-order valence-electron chi connectivity index (χ4n) is 1.90. The lowest BCUT2D eigenvalue weighted by Crippen LogP contribution is -2.33. The molecular formula is C13H23N3O3. The second-order valence-electron chi connectivity index (χ2n) is 4.69. The number of aliphatic carboxylic acids is 1. The minimum Gasteiger partial charge on any atom is -0.480 e. The normalized spacial score (nSPS) is 12.8. The van der Waals surface area contributed by atoms with Crippen LogP contribution in [0, 0.1) is 0 Å². The van der Waals surface area contributed by atoms with Crippen molar-refractivity contribution in [3.8, 4) is 0 Å².